The van der Waals surface area contributed by atoms with E-state index in [1.54, 1.807) is 0 Å². The molecule has 0 bridgehead atoms. The molecule has 0 saturated carbocycles. The second kappa shape index (κ2) is 6.36. The van der Waals surface area contributed by atoms with Crippen LogP contribution in [0.25, 0.3) is 0 Å². The fourth-order valence-electron chi connectivity index (χ4n) is 1.96. The highest BCUT2D eigenvalue weighted by molar-refractivity contribution is 7.10. The maximum Gasteiger partial charge on any atom is 0.311 e. The van der Waals surface area contributed by atoms with Crippen LogP contribution in [-0.4, -0.2) is 15.9 Å². The van der Waals surface area contributed by atoms with E-state index < -0.39 is 22.3 Å². The normalized spacial score (nSPS) is 11.9. The lowest BCUT2D eigenvalue weighted by molar-refractivity contribution is -0.385. The third-order valence-electron chi connectivity index (χ3n) is 3.06. The number of nitro groups is 1. The van der Waals surface area contributed by atoms with Crippen molar-refractivity contribution < 1.29 is 14.8 Å². The number of amides is 1. The minimum Gasteiger partial charge on any atom is -0.502 e. The van der Waals surface area contributed by atoms with E-state index in [0.29, 0.717) is 6.42 Å². The van der Waals surface area contributed by atoms with Crippen molar-refractivity contribution in [3.05, 3.63) is 56.3 Å². The molecule has 1 unspecified atom stereocenters. The van der Waals surface area contributed by atoms with Gasteiger partial charge >= 0.3 is 5.69 Å². The van der Waals surface area contributed by atoms with Gasteiger partial charge in [0.15, 0.2) is 0 Å². The molecule has 0 aliphatic carbocycles. The van der Waals surface area contributed by atoms with E-state index in [1.165, 1.54) is 23.5 Å². The summed E-state index contributed by atoms with van der Waals surface area (Å²) in [5, 5.41) is 25.3. The molecule has 6 nitrogen and oxygen atoms in total. The van der Waals surface area contributed by atoms with Crippen molar-refractivity contribution in [2.75, 3.05) is 0 Å². The summed E-state index contributed by atoms with van der Waals surface area (Å²) in [7, 11) is 0. The molecule has 1 aromatic heterocycles. The quantitative estimate of drug-likeness (QED) is 0.655. The molecule has 2 N–H and O–H groups in total. The molecule has 1 amide bonds. The lowest BCUT2D eigenvalue weighted by Gasteiger charge is -2.15. The summed E-state index contributed by atoms with van der Waals surface area (Å²) in [5.41, 5.74) is -0.578. The van der Waals surface area contributed by atoms with Crippen molar-refractivity contribution in [1.82, 2.24) is 5.32 Å². The molecule has 21 heavy (non-hydrogen) atoms. The zero-order valence-corrected chi connectivity index (χ0v) is 12.1. The van der Waals surface area contributed by atoms with Crippen LogP contribution in [-0.2, 0) is 0 Å². The van der Waals surface area contributed by atoms with Crippen LogP contribution in [0.1, 0.15) is 34.6 Å². The van der Waals surface area contributed by atoms with Gasteiger partial charge in [0.25, 0.3) is 5.91 Å². The van der Waals surface area contributed by atoms with Crippen molar-refractivity contribution in [2.24, 2.45) is 0 Å². The monoisotopic (exact) mass is 306 g/mol. The lowest BCUT2D eigenvalue weighted by atomic mass is 10.1. The number of rotatable bonds is 5. The summed E-state index contributed by atoms with van der Waals surface area (Å²) in [6, 6.07) is 7.50. The van der Waals surface area contributed by atoms with Gasteiger partial charge in [-0.2, -0.15) is 0 Å². The van der Waals surface area contributed by atoms with E-state index in [9.17, 15) is 20.0 Å². The average Bonchev–Trinajstić information content (AvgIpc) is 2.98. The molecular weight excluding hydrogens is 292 g/mol. The highest BCUT2D eigenvalue weighted by Crippen LogP contribution is 2.30. The van der Waals surface area contributed by atoms with Crippen LogP contribution >= 0.6 is 11.3 Å². The van der Waals surface area contributed by atoms with Gasteiger partial charge in [-0.25, -0.2) is 0 Å². The Morgan fingerprint density at radius 3 is 2.76 bits per heavy atom. The molecule has 0 radical (unpaired) electrons. The molecule has 0 fully saturated rings. The maximum absolute atomic E-state index is 12.2. The Balaban J connectivity index is 2.24. The summed E-state index contributed by atoms with van der Waals surface area (Å²) in [6.07, 6.45) is 0.682. The fraction of sp³-hybridized carbons (Fsp3) is 0.214. The van der Waals surface area contributed by atoms with Crippen molar-refractivity contribution >= 4 is 22.9 Å². The Hall–Kier alpha value is -2.41. The minimum atomic E-state index is -0.720. The van der Waals surface area contributed by atoms with Crippen LogP contribution in [0.5, 0.6) is 5.75 Å². The van der Waals surface area contributed by atoms with E-state index in [2.05, 4.69) is 5.32 Å². The first-order chi connectivity index (χ1) is 10.0. The van der Waals surface area contributed by atoms with Crippen molar-refractivity contribution in [1.29, 1.82) is 0 Å². The first-order valence-corrected chi connectivity index (χ1v) is 7.23. The van der Waals surface area contributed by atoms with E-state index in [4.69, 9.17) is 0 Å². The second-order valence-electron chi connectivity index (χ2n) is 4.38. The Kier molecular flexibility index (Phi) is 4.54. The predicted octanol–water partition coefficient (Wildman–Crippen LogP) is 3.24. The number of aromatic hydroxyl groups is 1. The number of nitro benzene ring substituents is 1. The number of thiophene rings is 1. The van der Waals surface area contributed by atoms with Gasteiger partial charge in [0.2, 0.25) is 5.75 Å². The van der Waals surface area contributed by atoms with E-state index in [1.807, 2.05) is 24.4 Å². The number of benzene rings is 1. The van der Waals surface area contributed by atoms with Gasteiger partial charge in [0, 0.05) is 10.9 Å². The Bertz CT molecular complexity index is 655. The molecule has 2 aromatic rings. The van der Waals surface area contributed by atoms with Crippen LogP contribution in [0.4, 0.5) is 5.69 Å². The number of carbonyl (C=O) groups is 1. The van der Waals surface area contributed by atoms with Gasteiger partial charge in [-0.05, 0) is 23.9 Å². The molecule has 1 aromatic carbocycles. The van der Waals surface area contributed by atoms with Gasteiger partial charge in [-0.1, -0.05) is 19.1 Å². The van der Waals surface area contributed by atoms with Gasteiger partial charge < -0.3 is 10.4 Å². The number of para-hydroxylation sites is 1. The number of carbonyl (C=O) groups excluding carboxylic acids is 1. The highest BCUT2D eigenvalue weighted by Gasteiger charge is 2.23. The molecule has 1 heterocycles. The number of hydrogen-bond acceptors (Lipinski definition) is 5. The van der Waals surface area contributed by atoms with Crippen LogP contribution in [0.2, 0.25) is 0 Å². The standard InChI is InChI=1S/C14H14N2O4S/c1-2-10(12-7-4-8-21-12)15-14(18)9-5-3-6-11(13(9)17)16(19)20/h3-8,10,17H,2H2,1H3,(H,15,18). The summed E-state index contributed by atoms with van der Waals surface area (Å²) >= 11 is 1.52. The summed E-state index contributed by atoms with van der Waals surface area (Å²) in [6.45, 7) is 1.93. The first-order valence-electron chi connectivity index (χ1n) is 6.35. The van der Waals surface area contributed by atoms with E-state index in [0.717, 1.165) is 10.9 Å². The number of nitrogens with zero attached hydrogens (tertiary/aromatic N) is 1. The second-order valence-corrected chi connectivity index (χ2v) is 5.36. The molecule has 0 saturated heterocycles. The fourth-order valence-corrected chi connectivity index (χ4v) is 2.82. The Morgan fingerprint density at radius 1 is 1.43 bits per heavy atom. The van der Waals surface area contributed by atoms with Gasteiger partial charge in [0.1, 0.15) is 0 Å². The molecule has 7 heteroatoms. The molecule has 0 aliphatic rings. The van der Waals surface area contributed by atoms with Crippen molar-refractivity contribution in [3.8, 4) is 5.75 Å². The third kappa shape index (κ3) is 3.19. The summed E-state index contributed by atoms with van der Waals surface area (Å²) in [4.78, 5) is 23.3. The maximum atomic E-state index is 12.2. The molecule has 0 spiro atoms. The number of phenols is 1. The van der Waals surface area contributed by atoms with E-state index in [-0.39, 0.29) is 11.6 Å². The first kappa shape index (κ1) is 15.0. The largest absolute Gasteiger partial charge is 0.502 e. The summed E-state index contributed by atoms with van der Waals surface area (Å²) < 4.78 is 0. The smallest absolute Gasteiger partial charge is 0.311 e. The molecular formula is C14H14N2O4S. The highest BCUT2D eigenvalue weighted by atomic mass is 32.1. The predicted molar refractivity (Wildman–Crippen MR) is 79.6 cm³/mol. The van der Waals surface area contributed by atoms with Crippen LogP contribution in [0.15, 0.2) is 35.7 Å². The lowest BCUT2D eigenvalue weighted by Crippen LogP contribution is -2.27. The zero-order chi connectivity index (χ0) is 15.4. The van der Waals surface area contributed by atoms with Crippen LogP contribution in [0, 0.1) is 10.1 Å². The number of nitrogens with one attached hydrogen (secondary N) is 1. The minimum absolute atomic E-state index is 0.0980. The topological polar surface area (TPSA) is 92.5 Å². The average molecular weight is 306 g/mol. The van der Waals surface area contributed by atoms with Crippen molar-refractivity contribution in [2.45, 2.75) is 19.4 Å². The third-order valence-corrected chi connectivity index (χ3v) is 4.04. The Morgan fingerprint density at radius 2 is 2.19 bits per heavy atom. The summed E-state index contributed by atoms with van der Waals surface area (Å²) in [5.74, 6) is -1.14. The van der Waals surface area contributed by atoms with Crippen molar-refractivity contribution in [3.63, 3.8) is 0 Å². The number of phenolic OH excluding ortho intramolecular Hbond substituents is 1. The van der Waals surface area contributed by atoms with Gasteiger partial charge in [-0.15, -0.1) is 11.3 Å². The van der Waals surface area contributed by atoms with Gasteiger partial charge in [-0.3, -0.25) is 14.9 Å². The molecule has 1 atom stereocenters. The zero-order valence-electron chi connectivity index (χ0n) is 11.3. The van der Waals surface area contributed by atoms with Crippen LogP contribution in [0.3, 0.4) is 0 Å². The van der Waals surface area contributed by atoms with Gasteiger partial charge in [0.05, 0.1) is 16.5 Å². The molecule has 2 rings (SSSR count). The van der Waals surface area contributed by atoms with Crippen LogP contribution < -0.4 is 5.32 Å². The Labute approximate surface area is 125 Å². The van der Waals surface area contributed by atoms with E-state index >= 15 is 0 Å². The molecule has 0 aliphatic heterocycles. The number of hydrogen-bond donors (Lipinski definition) is 2. The molecule has 110 valence electrons. The SMILES string of the molecule is CCC(NC(=O)c1cccc([N+](=O)[O-])c1O)c1cccs1.